The number of carbonyl (C=O) groups excluding carboxylic acids is 1. The average molecular weight is 349 g/mol. The first-order valence-electron chi connectivity index (χ1n) is 9.35. The quantitative estimate of drug-likeness (QED) is 0.342. The average Bonchev–Trinajstić information content (AvgIpc) is 3.30. The molecule has 1 fully saturated rings. The van der Waals surface area contributed by atoms with E-state index in [1.165, 1.54) is 0 Å². The van der Waals surface area contributed by atoms with Gasteiger partial charge in [0, 0.05) is 38.0 Å². The van der Waals surface area contributed by atoms with E-state index >= 15 is 0 Å². The fourth-order valence-electron chi connectivity index (χ4n) is 2.69. The van der Waals surface area contributed by atoms with Crippen LogP contribution in [0.5, 0.6) is 0 Å². The SMILES string of the molecule is CCC(CC)c1cc(CNC(=NC)NCCCC(=O)NC2CC2)on1. The van der Waals surface area contributed by atoms with E-state index in [9.17, 15) is 4.79 Å². The largest absolute Gasteiger partial charge is 0.359 e. The molecule has 1 amide bonds. The van der Waals surface area contributed by atoms with Crippen LogP contribution in [0.15, 0.2) is 15.6 Å². The normalized spacial score (nSPS) is 14.6. The summed E-state index contributed by atoms with van der Waals surface area (Å²) in [4.78, 5) is 15.8. The first-order chi connectivity index (χ1) is 12.2. The Bertz CT molecular complexity index is 562. The lowest BCUT2D eigenvalue weighted by Gasteiger charge is -2.10. The molecular formula is C18H31N5O2. The lowest BCUT2D eigenvalue weighted by molar-refractivity contribution is -0.121. The van der Waals surface area contributed by atoms with Crippen LogP contribution in [0, 0.1) is 0 Å². The molecule has 7 nitrogen and oxygen atoms in total. The van der Waals surface area contributed by atoms with Crippen LogP contribution in [0.3, 0.4) is 0 Å². The molecule has 1 aromatic heterocycles. The third-order valence-electron chi connectivity index (χ3n) is 4.45. The van der Waals surface area contributed by atoms with E-state index in [-0.39, 0.29) is 5.91 Å². The van der Waals surface area contributed by atoms with Crippen LogP contribution in [0.4, 0.5) is 0 Å². The van der Waals surface area contributed by atoms with Crippen molar-refractivity contribution >= 4 is 11.9 Å². The van der Waals surface area contributed by atoms with E-state index in [2.05, 4.69) is 39.9 Å². The Morgan fingerprint density at radius 2 is 2.12 bits per heavy atom. The van der Waals surface area contributed by atoms with Gasteiger partial charge in [0.2, 0.25) is 5.91 Å². The first kappa shape index (κ1) is 19.3. The molecule has 1 saturated carbocycles. The van der Waals surface area contributed by atoms with Crippen LogP contribution >= 0.6 is 0 Å². The van der Waals surface area contributed by atoms with E-state index in [0.717, 1.165) is 43.6 Å². The topological polar surface area (TPSA) is 91.5 Å². The summed E-state index contributed by atoms with van der Waals surface area (Å²) in [5, 5.41) is 13.6. The molecule has 1 aliphatic rings. The number of guanidine groups is 1. The molecule has 0 radical (unpaired) electrons. The number of aromatic nitrogens is 1. The van der Waals surface area contributed by atoms with Crippen molar-refractivity contribution in [2.24, 2.45) is 4.99 Å². The summed E-state index contributed by atoms with van der Waals surface area (Å²) >= 11 is 0. The van der Waals surface area contributed by atoms with Crippen LogP contribution < -0.4 is 16.0 Å². The van der Waals surface area contributed by atoms with E-state index in [4.69, 9.17) is 4.52 Å². The van der Waals surface area contributed by atoms with E-state index in [1.54, 1.807) is 7.05 Å². The van der Waals surface area contributed by atoms with Gasteiger partial charge in [-0.3, -0.25) is 9.79 Å². The van der Waals surface area contributed by atoms with Gasteiger partial charge in [-0.25, -0.2) is 0 Å². The van der Waals surface area contributed by atoms with Crippen LogP contribution in [0.25, 0.3) is 0 Å². The second-order valence-electron chi connectivity index (χ2n) is 6.53. The maximum Gasteiger partial charge on any atom is 0.220 e. The zero-order valence-electron chi connectivity index (χ0n) is 15.6. The second kappa shape index (κ2) is 10.1. The summed E-state index contributed by atoms with van der Waals surface area (Å²) in [5.41, 5.74) is 1.02. The highest BCUT2D eigenvalue weighted by Crippen LogP contribution is 2.22. The maximum atomic E-state index is 11.6. The van der Waals surface area contributed by atoms with Crippen molar-refractivity contribution in [1.82, 2.24) is 21.1 Å². The summed E-state index contributed by atoms with van der Waals surface area (Å²) in [7, 11) is 1.73. The fraction of sp³-hybridized carbons (Fsp3) is 0.722. The van der Waals surface area contributed by atoms with Crippen molar-refractivity contribution < 1.29 is 9.32 Å². The summed E-state index contributed by atoms with van der Waals surface area (Å²) in [5.74, 6) is 2.09. The summed E-state index contributed by atoms with van der Waals surface area (Å²) in [6.07, 6.45) is 5.70. The first-order valence-corrected chi connectivity index (χ1v) is 9.35. The molecular weight excluding hydrogens is 318 g/mol. The van der Waals surface area contributed by atoms with Gasteiger partial charge in [0.1, 0.15) is 0 Å². The van der Waals surface area contributed by atoms with Gasteiger partial charge in [0.25, 0.3) is 0 Å². The molecule has 3 N–H and O–H groups in total. The fourth-order valence-corrected chi connectivity index (χ4v) is 2.69. The number of hydrogen-bond acceptors (Lipinski definition) is 4. The van der Waals surface area contributed by atoms with Gasteiger partial charge >= 0.3 is 0 Å². The molecule has 2 rings (SSSR count). The van der Waals surface area contributed by atoms with Crippen LogP contribution in [0.1, 0.15) is 69.7 Å². The molecule has 0 bridgehead atoms. The van der Waals surface area contributed by atoms with Crippen molar-refractivity contribution in [2.45, 2.75) is 70.9 Å². The Kier molecular flexibility index (Phi) is 7.76. The molecule has 1 aliphatic carbocycles. The number of carbonyl (C=O) groups is 1. The van der Waals surface area contributed by atoms with Crippen molar-refractivity contribution in [2.75, 3.05) is 13.6 Å². The minimum absolute atomic E-state index is 0.142. The summed E-state index contributed by atoms with van der Waals surface area (Å²) in [6.45, 7) is 5.57. The highest BCUT2D eigenvalue weighted by Gasteiger charge is 2.22. The van der Waals surface area contributed by atoms with Crippen LogP contribution in [-0.4, -0.2) is 36.7 Å². The Labute approximate surface area is 150 Å². The zero-order chi connectivity index (χ0) is 18.1. The third kappa shape index (κ3) is 6.76. The van der Waals surface area contributed by atoms with Gasteiger partial charge in [-0.1, -0.05) is 19.0 Å². The molecule has 0 aliphatic heterocycles. The lowest BCUT2D eigenvalue weighted by atomic mass is 9.99. The zero-order valence-corrected chi connectivity index (χ0v) is 15.6. The Hall–Kier alpha value is -2.05. The van der Waals surface area contributed by atoms with Crippen LogP contribution in [0.2, 0.25) is 0 Å². The summed E-state index contributed by atoms with van der Waals surface area (Å²) < 4.78 is 5.40. The predicted octanol–water partition coefficient (Wildman–Crippen LogP) is 2.30. The van der Waals surface area contributed by atoms with Gasteiger partial charge in [-0.2, -0.15) is 0 Å². The van der Waals surface area contributed by atoms with Gasteiger partial charge in [-0.15, -0.1) is 0 Å². The molecule has 0 aromatic carbocycles. The van der Waals surface area contributed by atoms with Crippen molar-refractivity contribution in [1.29, 1.82) is 0 Å². The number of rotatable bonds is 10. The number of nitrogens with one attached hydrogen (secondary N) is 3. The van der Waals surface area contributed by atoms with E-state index in [1.807, 2.05) is 6.07 Å². The molecule has 0 atom stereocenters. The van der Waals surface area contributed by atoms with Gasteiger partial charge in [-0.05, 0) is 32.1 Å². The summed E-state index contributed by atoms with van der Waals surface area (Å²) in [6, 6.07) is 2.45. The van der Waals surface area contributed by atoms with Crippen LogP contribution in [-0.2, 0) is 11.3 Å². The number of hydrogen-bond donors (Lipinski definition) is 3. The number of aliphatic imine (C=N–C) groups is 1. The van der Waals surface area contributed by atoms with Gasteiger partial charge in [0.05, 0.1) is 12.2 Å². The second-order valence-corrected chi connectivity index (χ2v) is 6.53. The molecule has 0 unspecified atom stereocenters. The highest BCUT2D eigenvalue weighted by molar-refractivity contribution is 5.79. The Morgan fingerprint density at radius 1 is 1.36 bits per heavy atom. The molecule has 1 aromatic rings. The number of nitrogens with zero attached hydrogens (tertiary/aromatic N) is 2. The maximum absolute atomic E-state index is 11.6. The van der Waals surface area contributed by atoms with Gasteiger partial charge in [0.15, 0.2) is 11.7 Å². The molecule has 7 heteroatoms. The molecule has 1 heterocycles. The predicted molar refractivity (Wildman–Crippen MR) is 98.4 cm³/mol. The minimum Gasteiger partial charge on any atom is -0.359 e. The molecule has 0 spiro atoms. The Morgan fingerprint density at radius 3 is 2.76 bits per heavy atom. The standard InChI is InChI=1S/C18H31N5O2/c1-4-13(5-2)16-11-15(25-23-16)12-21-18(19-3)20-10-6-7-17(24)22-14-8-9-14/h11,13-14H,4-10,12H2,1-3H3,(H,22,24)(H2,19,20,21). The molecule has 140 valence electrons. The van der Waals surface area contributed by atoms with Crippen molar-refractivity contribution in [3.8, 4) is 0 Å². The monoisotopic (exact) mass is 349 g/mol. The van der Waals surface area contributed by atoms with E-state index in [0.29, 0.717) is 37.4 Å². The van der Waals surface area contributed by atoms with Crippen molar-refractivity contribution in [3.63, 3.8) is 0 Å². The third-order valence-corrected chi connectivity index (χ3v) is 4.45. The smallest absolute Gasteiger partial charge is 0.220 e. The molecule has 0 saturated heterocycles. The lowest BCUT2D eigenvalue weighted by Crippen LogP contribution is -2.37. The van der Waals surface area contributed by atoms with Crippen molar-refractivity contribution in [3.05, 3.63) is 17.5 Å². The number of amides is 1. The van der Waals surface area contributed by atoms with E-state index < -0.39 is 0 Å². The highest BCUT2D eigenvalue weighted by atomic mass is 16.5. The molecule has 25 heavy (non-hydrogen) atoms. The minimum atomic E-state index is 0.142. The Balaban J connectivity index is 1.65. The van der Waals surface area contributed by atoms with Gasteiger partial charge < -0.3 is 20.5 Å².